The molecule has 34 heavy (non-hydrogen) atoms. The number of carbonyl (C=O) groups excluding carboxylic acids is 1. The summed E-state index contributed by atoms with van der Waals surface area (Å²) in [5.74, 6) is 0.751. The van der Waals surface area contributed by atoms with Crippen molar-refractivity contribution in [3.63, 3.8) is 0 Å². The summed E-state index contributed by atoms with van der Waals surface area (Å²) in [5.41, 5.74) is 2.75. The third-order valence-corrected chi connectivity index (χ3v) is 9.45. The Labute approximate surface area is 206 Å². The molecule has 2 aliphatic heterocycles. The Balaban J connectivity index is 1.14. The number of rotatable bonds is 7. The fraction of sp³-hybridized carbons (Fsp3) is 0.583. The molecule has 0 atom stereocenters. The second kappa shape index (κ2) is 8.93. The van der Waals surface area contributed by atoms with E-state index >= 15 is 0 Å². The van der Waals surface area contributed by atoms with Gasteiger partial charge in [-0.15, -0.1) is 0 Å². The third kappa shape index (κ3) is 4.39. The Bertz CT molecular complexity index is 1180. The topological polar surface area (TPSA) is 87.5 Å². The lowest BCUT2D eigenvalue weighted by Crippen LogP contribution is -2.47. The number of likely N-dealkylation sites (N-methyl/N-ethyl adjacent to an activating group) is 1. The first kappa shape index (κ1) is 23.8. The van der Waals surface area contributed by atoms with E-state index in [1.54, 1.807) is 11.8 Å². The maximum atomic E-state index is 13.2. The van der Waals surface area contributed by atoms with Gasteiger partial charge in [0.2, 0.25) is 15.9 Å². The van der Waals surface area contributed by atoms with Gasteiger partial charge in [0, 0.05) is 48.6 Å². The molecular weight excluding hydrogens is 474 g/mol. The smallest absolute Gasteiger partial charge is 0.237 e. The SMILES string of the molecule is CCS(=O)(=O)N[C@H]1C[C@@H](Cn2cc(CN3CCC4(CC3)C(=O)N(C)c3ccc(Cl)cc34)cn2)C1. The molecular formula is C24H32ClN5O3S. The first-order valence-corrected chi connectivity index (χ1v) is 14.0. The quantitative estimate of drug-likeness (QED) is 0.625. The molecule has 1 aromatic heterocycles. The summed E-state index contributed by atoms with van der Waals surface area (Å²) in [6, 6.07) is 5.83. The minimum Gasteiger partial charge on any atom is -0.314 e. The van der Waals surface area contributed by atoms with Crippen LogP contribution in [0.3, 0.4) is 0 Å². The predicted octanol–water partition coefficient (Wildman–Crippen LogP) is 2.76. The summed E-state index contributed by atoms with van der Waals surface area (Å²) in [5, 5.41) is 5.21. The van der Waals surface area contributed by atoms with Crippen LogP contribution in [0.1, 0.15) is 43.7 Å². The van der Waals surface area contributed by atoms with Gasteiger partial charge in [0.15, 0.2) is 0 Å². The van der Waals surface area contributed by atoms with E-state index < -0.39 is 15.4 Å². The van der Waals surface area contributed by atoms with E-state index in [1.807, 2.05) is 36.1 Å². The van der Waals surface area contributed by atoms with Crippen LogP contribution >= 0.6 is 11.6 Å². The van der Waals surface area contributed by atoms with Gasteiger partial charge in [-0.2, -0.15) is 5.10 Å². The molecule has 1 amide bonds. The number of likely N-dealkylation sites (tertiary alicyclic amines) is 1. The van der Waals surface area contributed by atoms with Gasteiger partial charge in [0.1, 0.15) is 0 Å². The normalized spacial score (nSPS) is 24.4. The molecule has 3 aliphatic rings. The fourth-order valence-electron chi connectivity index (χ4n) is 5.73. The van der Waals surface area contributed by atoms with Crippen LogP contribution in [-0.4, -0.2) is 60.9 Å². The second-order valence-electron chi connectivity index (χ2n) is 10.0. The van der Waals surface area contributed by atoms with Gasteiger partial charge in [-0.25, -0.2) is 13.1 Å². The number of anilines is 1. The number of nitrogens with zero attached hydrogens (tertiary/aromatic N) is 4. The molecule has 1 saturated heterocycles. The minimum atomic E-state index is -3.13. The Morgan fingerprint density at radius 2 is 1.97 bits per heavy atom. The van der Waals surface area contributed by atoms with Crippen molar-refractivity contribution in [2.45, 2.75) is 57.2 Å². The highest BCUT2D eigenvalue weighted by Crippen LogP contribution is 2.48. The van der Waals surface area contributed by atoms with E-state index in [0.717, 1.165) is 68.7 Å². The molecule has 1 aliphatic carbocycles. The standard InChI is InChI=1S/C24H32ClN5O3S/c1-3-34(32,33)27-20-10-17(11-20)15-30-16-18(13-26-30)14-29-8-6-24(7-9-29)21-12-19(25)4-5-22(21)28(2)23(24)31/h4-5,12-13,16-17,20,27H,3,6-11,14-15H2,1-2H3/t17-,20+. The van der Waals surface area contributed by atoms with Crippen LogP contribution in [0, 0.1) is 5.92 Å². The lowest BCUT2D eigenvalue weighted by atomic mass is 9.73. The summed E-state index contributed by atoms with van der Waals surface area (Å²) in [4.78, 5) is 17.4. The molecule has 1 aromatic carbocycles. The Hall–Kier alpha value is -1.94. The van der Waals surface area contributed by atoms with Crippen molar-refractivity contribution >= 4 is 33.2 Å². The van der Waals surface area contributed by atoms with Gasteiger partial charge in [0.25, 0.3) is 0 Å². The monoisotopic (exact) mass is 505 g/mol. The number of amides is 1. The molecule has 10 heteroatoms. The molecule has 0 bridgehead atoms. The Kier molecular flexibility index (Phi) is 6.25. The lowest BCUT2D eigenvalue weighted by Gasteiger charge is -2.38. The van der Waals surface area contributed by atoms with Crippen molar-refractivity contribution in [1.82, 2.24) is 19.4 Å². The van der Waals surface area contributed by atoms with Gasteiger partial charge in [0.05, 0.1) is 17.4 Å². The molecule has 1 saturated carbocycles. The number of aromatic nitrogens is 2. The van der Waals surface area contributed by atoms with Gasteiger partial charge >= 0.3 is 0 Å². The first-order chi connectivity index (χ1) is 16.2. The minimum absolute atomic E-state index is 0.0583. The van der Waals surface area contributed by atoms with Crippen LogP contribution in [-0.2, 0) is 33.3 Å². The zero-order valence-corrected chi connectivity index (χ0v) is 21.3. The van der Waals surface area contributed by atoms with E-state index in [1.165, 1.54) is 0 Å². The zero-order valence-electron chi connectivity index (χ0n) is 19.7. The molecule has 2 aromatic rings. The van der Waals surface area contributed by atoms with Crippen LogP contribution in [0.2, 0.25) is 5.02 Å². The summed E-state index contributed by atoms with van der Waals surface area (Å²) in [7, 11) is -1.28. The summed E-state index contributed by atoms with van der Waals surface area (Å²) in [6.45, 7) is 4.97. The van der Waals surface area contributed by atoms with E-state index in [2.05, 4.69) is 20.9 Å². The van der Waals surface area contributed by atoms with Crippen molar-refractivity contribution in [3.05, 3.63) is 46.7 Å². The van der Waals surface area contributed by atoms with E-state index in [0.29, 0.717) is 10.9 Å². The summed E-state index contributed by atoms with van der Waals surface area (Å²) >= 11 is 6.27. The van der Waals surface area contributed by atoms with Gasteiger partial charge < -0.3 is 4.90 Å². The van der Waals surface area contributed by atoms with Gasteiger partial charge in [-0.05, 0) is 75.4 Å². The number of sulfonamides is 1. The van der Waals surface area contributed by atoms with E-state index in [-0.39, 0.29) is 17.7 Å². The van der Waals surface area contributed by atoms with Crippen LogP contribution < -0.4 is 9.62 Å². The molecule has 3 heterocycles. The van der Waals surface area contributed by atoms with Crippen molar-refractivity contribution in [1.29, 1.82) is 0 Å². The lowest BCUT2D eigenvalue weighted by molar-refractivity contribution is -0.124. The number of hydrogen-bond donors (Lipinski definition) is 1. The summed E-state index contributed by atoms with van der Waals surface area (Å²) < 4.78 is 28.1. The van der Waals surface area contributed by atoms with Crippen LogP contribution in [0.5, 0.6) is 0 Å². The van der Waals surface area contributed by atoms with Crippen LogP contribution in [0.15, 0.2) is 30.6 Å². The van der Waals surface area contributed by atoms with Gasteiger partial charge in [-0.3, -0.25) is 14.4 Å². The number of piperidine rings is 1. The van der Waals surface area contributed by atoms with Crippen molar-refractivity contribution in [2.75, 3.05) is 30.8 Å². The molecule has 0 unspecified atom stereocenters. The number of nitrogens with one attached hydrogen (secondary N) is 1. The van der Waals surface area contributed by atoms with Crippen molar-refractivity contribution in [2.24, 2.45) is 5.92 Å². The Morgan fingerprint density at radius 3 is 2.68 bits per heavy atom. The van der Waals surface area contributed by atoms with E-state index in [4.69, 9.17) is 11.6 Å². The highest BCUT2D eigenvalue weighted by molar-refractivity contribution is 7.89. The highest BCUT2D eigenvalue weighted by atomic mass is 35.5. The molecule has 5 rings (SSSR count). The molecule has 0 radical (unpaired) electrons. The zero-order chi connectivity index (χ0) is 24.1. The molecule has 1 spiro atoms. The number of hydrogen-bond acceptors (Lipinski definition) is 5. The molecule has 2 fully saturated rings. The number of carbonyl (C=O) groups is 1. The average molecular weight is 506 g/mol. The Morgan fingerprint density at radius 1 is 1.24 bits per heavy atom. The fourth-order valence-corrected chi connectivity index (χ4v) is 6.77. The van der Waals surface area contributed by atoms with Crippen LogP contribution in [0.25, 0.3) is 0 Å². The number of halogens is 1. The maximum Gasteiger partial charge on any atom is 0.237 e. The highest BCUT2D eigenvalue weighted by Gasteiger charge is 2.51. The molecule has 1 N–H and O–H groups in total. The van der Waals surface area contributed by atoms with Crippen molar-refractivity contribution < 1.29 is 13.2 Å². The average Bonchev–Trinajstić information content (AvgIpc) is 3.30. The largest absolute Gasteiger partial charge is 0.314 e. The molecule has 184 valence electrons. The van der Waals surface area contributed by atoms with Gasteiger partial charge in [-0.1, -0.05) is 11.6 Å². The summed E-state index contributed by atoms with van der Waals surface area (Å²) in [6.07, 6.45) is 7.30. The van der Waals surface area contributed by atoms with Crippen molar-refractivity contribution in [3.8, 4) is 0 Å². The first-order valence-electron chi connectivity index (χ1n) is 12.0. The predicted molar refractivity (Wildman–Crippen MR) is 132 cm³/mol. The third-order valence-electron chi connectivity index (χ3n) is 7.76. The maximum absolute atomic E-state index is 13.2. The second-order valence-corrected chi connectivity index (χ2v) is 12.5. The van der Waals surface area contributed by atoms with Crippen LogP contribution in [0.4, 0.5) is 5.69 Å². The van der Waals surface area contributed by atoms with E-state index in [9.17, 15) is 13.2 Å². The molecule has 8 nitrogen and oxygen atoms in total. The number of benzene rings is 1. The number of fused-ring (bicyclic) bond motifs is 2.